The Morgan fingerprint density at radius 1 is 1.15 bits per heavy atom. The highest BCUT2D eigenvalue weighted by atomic mass is 32.1. The molecule has 0 unspecified atom stereocenters. The number of piperazine rings is 1. The molecular weight excluding hydrogens is 360 g/mol. The quantitative estimate of drug-likeness (QED) is 0.889. The van der Waals surface area contributed by atoms with Crippen molar-refractivity contribution in [2.24, 2.45) is 0 Å². The fraction of sp³-hybridized carbons (Fsp3) is 0.333. The topological polar surface area (TPSA) is 52.7 Å². The van der Waals surface area contributed by atoms with Crippen molar-refractivity contribution in [1.29, 1.82) is 0 Å². The van der Waals surface area contributed by atoms with Gasteiger partial charge < -0.3 is 10.2 Å². The maximum Gasteiger partial charge on any atom is 0.264 e. The molecule has 138 valence electrons. The van der Waals surface area contributed by atoms with E-state index in [1.807, 2.05) is 16.3 Å². The number of nitrogens with zero attached hydrogens (tertiary/aromatic N) is 2. The van der Waals surface area contributed by atoms with Crippen LogP contribution in [0.3, 0.4) is 0 Å². The van der Waals surface area contributed by atoms with Crippen LogP contribution in [0.4, 0.5) is 14.5 Å². The zero-order valence-corrected chi connectivity index (χ0v) is 15.1. The van der Waals surface area contributed by atoms with Gasteiger partial charge in [0.15, 0.2) is 0 Å². The Morgan fingerprint density at radius 2 is 1.88 bits per heavy atom. The zero-order chi connectivity index (χ0) is 18.7. The van der Waals surface area contributed by atoms with Crippen LogP contribution in [0.15, 0.2) is 35.7 Å². The van der Waals surface area contributed by atoms with E-state index < -0.39 is 17.7 Å². The summed E-state index contributed by atoms with van der Waals surface area (Å²) in [6.07, 6.45) is 0. The summed E-state index contributed by atoms with van der Waals surface area (Å²) in [7, 11) is 0. The average molecular weight is 379 g/mol. The van der Waals surface area contributed by atoms with Gasteiger partial charge in [-0.05, 0) is 30.5 Å². The van der Waals surface area contributed by atoms with E-state index in [4.69, 9.17) is 0 Å². The number of amides is 2. The van der Waals surface area contributed by atoms with Crippen LogP contribution in [0.25, 0.3) is 0 Å². The lowest BCUT2D eigenvalue weighted by atomic mass is 10.2. The highest BCUT2D eigenvalue weighted by molar-refractivity contribution is 7.12. The lowest BCUT2D eigenvalue weighted by Crippen LogP contribution is -2.54. The first-order valence-electron chi connectivity index (χ1n) is 8.28. The molecule has 5 nitrogen and oxygen atoms in total. The third kappa shape index (κ3) is 4.08. The van der Waals surface area contributed by atoms with E-state index >= 15 is 0 Å². The van der Waals surface area contributed by atoms with Crippen LogP contribution in [-0.4, -0.2) is 53.8 Å². The third-order valence-electron chi connectivity index (χ3n) is 4.45. The number of anilines is 1. The summed E-state index contributed by atoms with van der Waals surface area (Å²) in [4.78, 5) is 29.1. The number of rotatable bonds is 4. The number of carbonyl (C=O) groups is 2. The molecule has 0 saturated carbocycles. The fourth-order valence-electron chi connectivity index (χ4n) is 2.86. The Kier molecular flexibility index (Phi) is 5.63. The SMILES string of the molecule is C[C@@H](C(=O)Nc1ccc(F)cc1F)N1CCN(C(=O)c2cccs2)CC1. The monoisotopic (exact) mass is 379 g/mol. The second-order valence-electron chi connectivity index (χ2n) is 6.09. The van der Waals surface area contributed by atoms with Gasteiger partial charge in [0.2, 0.25) is 5.91 Å². The summed E-state index contributed by atoms with van der Waals surface area (Å²) in [5, 5.41) is 4.36. The van der Waals surface area contributed by atoms with Crippen LogP contribution in [0.2, 0.25) is 0 Å². The second-order valence-corrected chi connectivity index (χ2v) is 7.04. The van der Waals surface area contributed by atoms with Crippen molar-refractivity contribution >= 4 is 28.8 Å². The van der Waals surface area contributed by atoms with Gasteiger partial charge in [0.1, 0.15) is 11.6 Å². The first-order chi connectivity index (χ1) is 12.5. The maximum atomic E-state index is 13.7. The highest BCUT2D eigenvalue weighted by Crippen LogP contribution is 2.17. The fourth-order valence-corrected chi connectivity index (χ4v) is 3.55. The van der Waals surface area contributed by atoms with Crippen LogP contribution in [0.5, 0.6) is 0 Å². The van der Waals surface area contributed by atoms with E-state index in [0.29, 0.717) is 31.1 Å². The minimum Gasteiger partial charge on any atom is -0.335 e. The summed E-state index contributed by atoms with van der Waals surface area (Å²) in [5.41, 5.74) is -0.0465. The smallest absolute Gasteiger partial charge is 0.264 e. The minimum atomic E-state index is -0.808. The van der Waals surface area contributed by atoms with Crippen LogP contribution < -0.4 is 5.32 Å². The predicted molar refractivity (Wildman–Crippen MR) is 96.2 cm³/mol. The van der Waals surface area contributed by atoms with Gasteiger partial charge >= 0.3 is 0 Å². The van der Waals surface area contributed by atoms with Crippen molar-refractivity contribution in [1.82, 2.24) is 9.80 Å². The van der Waals surface area contributed by atoms with Gasteiger partial charge in [-0.2, -0.15) is 0 Å². The Hall–Kier alpha value is -2.32. The van der Waals surface area contributed by atoms with E-state index in [2.05, 4.69) is 5.32 Å². The van der Waals surface area contributed by atoms with Gasteiger partial charge in [-0.3, -0.25) is 14.5 Å². The number of thiophene rings is 1. The van der Waals surface area contributed by atoms with Crippen LogP contribution in [-0.2, 0) is 4.79 Å². The molecular formula is C18H19F2N3O2S. The molecule has 1 fully saturated rings. The largest absolute Gasteiger partial charge is 0.335 e. The normalized spacial score (nSPS) is 16.3. The molecule has 0 radical (unpaired) electrons. The first-order valence-corrected chi connectivity index (χ1v) is 9.16. The standard InChI is InChI=1S/C18H19F2N3O2S/c1-12(17(24)21-15-5-4-13(19)11-14(15)20)22-6-8-23(9-7-22)18(25)16-3-2-10-26-16/h2-5,10-12H,6-9H2,1H3,(H,21,24)/t12-/m0/s1. The van der Waals surface area contributed by atoms with E-state index in [1.54, 1.807) is 17.9 Å². The summed E-state index contributed by atoms with van der Waals surface area (Å²) in [5.74, 6) is -1.87. The number of hydrogen-bond donors (Lipinski definition) is 1. The van der Waals surface area contributed by atoms with Crippen molar-refractivity contribution in [3.05, 3.63) is 52.2 Å². The van der Waals surface area contributed by atoms with E-state index in [-0.39, 0.29) is 17.5 Å². The lowest BCUT2D eigenvalue weighted by molar-refractivity contribution is -0.121. The number of hydrogen-bond acceptors (Lipinski definition) is 4. The number of benzene rings is 1. The van der Waals surface area contributed by atoms with Crippen molar-refractivity contribution in [3.63, 3.8) is 0 Å². The molecule has 1 aromatic heterocycles. The zero-order valence-electron chi connectivity index (χ0n) is 14.2. The number of halogens is 2. The first kappa shape index (κ1) is 18.5. The van der Waals surface area contributed by atoms with Crippen LogP contribution in [0, 0.1) is 11.6 Å². The molecule has 8 heteroatoms. The third-order valence-corrected chi connectivity index (χ3v) is 5.31. The van der Waals surface area contributed by atoms with Gasteiger partial charge in [0.25, 0.3) is 5.91 Å². The van der Waals surface area contributed by atoms with E-state index in [0.717, 1.165) is 12.1 Å². The molecule has 2 amide bonds. The van der Waals surface area contributed by atoms with Gasteiger partial charge in [0, 0.05) is 32.2 Å². The Labute approximate surface area is 154 Å². The summed E-state index contributed by atoms with van der Waals surface area (Å²) >= 11 is 1.41. The van der Waals surface area contributed by atoms with Gasteiger partial charge in [-0.15, -0.1) is 11.3 Å². The minimum absolute atomic E-state index is 0.00476. The molecule has 0 spiro atoms. The van der Waals surface area contributed by atoms with Crippen molar-refractivity contribution in [2.75, 3.05) is 31.5 Å². The van der Waals surface area contributed by atoms with Crippen LogP contribution in [0.1, 0.15) is 16.6 Å². The molecule has 26 heavy (non-hydrogen) atoms. The molecule has 0 bridgehead atoms. The summed E-state index contributed by atoms with van der Waals surface area (Å²) in [6.45, 7) is 3.89. The predicted octanol–water partition coefficient (Wildman–Crippen LogP) is 2.81. The average Bonchev–Trinajstić information content (AvgIpc) is 3.17. The molecule has 0 aliphatic carbocycles. The van der Waals surface area contributed by atoms with Gasteiger partial charge in [0.05, 0.1) is 16.6 Å². The Balaban J connectivity index is 1.55. The lowest BCUT2D eigenvalue weighted by Gasteiger charge is -2.37. The number of nitrogens with one attached hydrogen (secondary N) is 1. The maximum absolute atomic E-state index is 13.7. The molecule has 1 aliphatic heterocycles. The molecule has 1 atom stereocenters. The van der Waals surface area contributed by atoms with Crippen molar-refractivity contribution in [2.45, 2.75) is 13.0 Å². The number of carbonyl (C=O) groups excluding carboxylic acids is 2. The molecule has 2 heterocycles. The Morgan fingerprint density at radius 3 is 2.50 bits per heavy atom. The van der Waals surface area contributed by atoms with E-state index in [1.165, 1.54) is 17.4 Å². The molecule has 1 aromatic carbocycles. The van der Waals surface area contributed by atoms with Crippen molar-refractivity contribution in [3.8, 4) is 0 Å². The second kappa shape index (κ2) is 7.92. The molecule has 1 saturated heterocycles. The molecule has 1 N–H and O–H groups in total. The van der Waals surface area contributed by atoms with Gasteiger partial charge in [-0.25, -0.2) is 8.78 Å². The van der Waals surface area contributed by atoms with Crippen molar-refractivity contribution < 1.29 is 18.4 Å². The Bertz CT molecular complexity index is 790. The molecule has 1 aliphatic rings. The highest BCUT2D eigenvalue weighted by Gasteiger charge is 2.28. The van der Waals surface area contributed by atoms with E-state index in [9.17, 15) is 18.4 Å². The molecule has 3 rings (SSSR count). The van der Waals surface area contributed by atoms with Gasteiger partial charge in [-0.1, -0.05) is 6.07 Å². The summed E-state index contributed by atoms with van der Waals surface area (Å²) in [6, 6.07) is 6.18. The van der Waals surface area contributed by atoms with Crippen LogP contribution >= 0.6 is 11.3 Å². The molecule has 2 aromatic rings. The summed E-state index contributed by atoms with van der Waals surface area (Å²) < 4.78 is 26.6.